The molecule has 5 unspecified atom stereocenters. The minimum Gasteiger partial charge on any atom is -0.366 e. The third kappa shape index (κ3) is 2.98. The Morgan fingerprint density at radius 2 is 2.04 bits per heavy atom. The van der Waals surface area contributed by atoms with Gasteiger partial charge in [0, 0.05) is 31.2 Å². The number of nitrogens with one attached hydrogen (secondary N) is 1. The van der Waals surface area contributed by atoms with E-state index in [2.05, 4.69) is 15.5 Å². The van der Waals surface area contributed by atoms with Gasteiger partial charge >= 0.3 is 0 Å². The Labute approximate surface area is 142 Å². The number of carbonyl (C=O) groups is 1. The molecule has 0 aromatic carbocycles. The number of amides is 1. The molecule has 2 saturated carbocycles. The number of piperidine rings is 1. The molecule has 1 amide bonds. The van der Waals surface area contributed by atoms with E-state index in [0.717, 1.165) is 38.0 Å². The summed E-state index contributed by atoms with van der Waals surface area (Å²) < 4.78 is 0. The zero-order chi connectivity index (χ0) is 16.7. The highest BCUT2D eigenvalue weighted by Crippen LogP contribution is 2.44. The number of nitrogens with two attached hydrogens (primary N) is 2. The first kappa shape index (κ1) is 15.8. The van der Waals surface area contributed by atoms with Crippen molar-refractivity contribution in [2.45, 2.75) is 50.2 Å². The van der Waals surface area contributed by atoms with Gasteiger partial charge in [0.2, 0.25) is 0 Å². The van der Waals surface area contributed by atoms with Crippen molar-refractivity contribution in [1.82, 2.24) is 15.1 Å². The smallest absolute Gasteiger partial charge is 0.274 e. The average Bonchev–Trinajstić information content (AvgIpc) is 3.14. The molecule has 7 nitrogen and oxygen atoms in total. The molecule has 1 aromatic heterocycles. The standard InChI is InChI=1S/C17H26N6O/c18-12-2-1-5-23(9-12)17(24)14-3-4-16(22-21-14)20-15-8-10-6-11(15)7-13(10)19/h3-4,10-13,15H,1-2,5-9,18-19H2,(H,20,22). The van der Waals surface area contributed by atoms with Crippen LogP contribution in [0.15, 0.2) is 12.1 Å². The fourth-order valence-electron chi connectivity index (χ4n) is 4.57. The Hall–Kier alpha value is -1.73. The van der Waals surface area contributed by atoms with Crippen LogP contribution in [0.25, 0.3) is 0 Å². The van der Waals surface area contributed by atoms with E-state index in [1.807, 2.05) is 6.07 Å². The lowest BCUT2D eigenvalue weighted by molar-refractivity contribution is 0.0701. The van der Waals surface area contributed by atoms with Gasteiger partial charge in [0.15, 0.2) is 5.69 Å². The van der Waals surface area contributed by atoms with Gasteiger partial charge in [-0.3, -0.25) is 4.79 Å². The van der Waals surface area contributed by atoms with Crippen molar-refractivity contribution < 1.29 is 4.79 Å². The van der Waals surface area contributed by atoms with E-state index in [0.29, 0.717) is 36.2 Å². The van der Waals surface area contributed by atoms with Crippen LogP contribution < -0.4 is 16.8 Å². The molecule has 5 atom stereocenters. The van der Waals surface area contributed by atoms with Gasteiger partial charge in [-0.2, -0.15) is 0 Å². The van der Waals surface area contributed by atoms with E-state index >= 15 is 0 Å². The maximum absolute atomic E-state index is 12.5. The minimum atomic E-state index is -0.0740. The number of nitrogens with zero attached hydrogens (tertiary/aromatic N) is 3. The molecule has 24 heavy (non-hydrogen) atoms. The lowest BCUT2D eigenvalue weighted by Crippen LogP contribution is -2.46. The summed E-state index contributed by atoms with van der Waals surface area (Å²) in [6, 6.07) is 4.49. The molecule has 5 N–H and O–H groups in total. The van der Waals surface area contributed by atoms with Crippen LogP contribution in [0.4, 0.5) is 5.82 Å². The van der Waals surface area contributed by atoms with Gasteiger partial charge < -0.3 is 21.7 Å². The lowest BCUT2D eigenvalue weighted by Gasteiger charge is -2.30. The third-order valence-electron chi connectivity index (χ3n) is 5.87. The van der Waals surface area contributed by atoms with Crippen molar-refractivity contribution in [3.05, 3.63) is 17.8 Å². The molecule has 3 aliphatic rings. The first-order valence-corrected chi connectivity index (χ1v) is 9.01. The number of hydrogen-bond acceptors (Lipinski definition) is 6. The summed E-state index contributed by atoms with van der Waals surface area (Å²) in [4.78, 5) is 14.3. The van der Waals surface area contributed by atoms with E-state index in [4.69, 9.17) is 11.5 Å². The van der Waals surface area contributed by atoms with Gasteiger partial charge in [0.25, 0.3) is 5.91 Å². The number of carbonyl (C=O) groups excluding carboxylic acids is 1. The quantitative estimate of drug-likeness (QED) is 0.748. The minimum absolute atomic E-state index is 0.0701. The monoisotopic (exact) mass is 330 g/mol. The van der Waals surface area contributed by atoms with Gasteiger partial charge in [-0.1, -0.05) is 0 Å². The predicted octanol–water partition coefficient (Wildman–Crippen LogP) is 0.578. The second-order valence-corrected chi connectivity index (χ2v) is 7.60. The maximum Gasteiger partial charge on any atom is 0.274 e. The van der Waals surface area contributed by atoms with Gasteiger partial charge in [-0.25, -0.2) is 0 Å². The van der Waals surface area contributed by atoms with Crippen molar-refractivity contribution in [1.29, 1.82) is 0 Å². The molecule has 0 radical (unpaired) electrons. The SMILES string of the molecule is NC1CCCN(C(=O)c2ccc(NC3CC4CC3CC4N)nn2)C1. The summed E-state index contributed by atoms with van der Waals surface area (Å²) in [5, 5.41) is 11.8. The summed E-state index contributed by atoms with van der Waals surface area (Å²) in [5.41, 5.74) is 12.4. The molecule has 3 fully saturated rings. The van der Waals surface area contributed by atoms with Crippen molar-refractivity contribution in [3.8, 4) is 0 Å². The van der Waals surface area contributed by atoms with Crippen molar-refractivity contribution in [2.75, 3.05) is 18.4 Å². The molecule has 2 bridgehead atoms. The molecule has 0 spiro atoms. The number of anilines is 1. The normalized spacial score (nSPS) is 35.2. The van der Waals surface area contributed by atoms with Crippen LogP contribution in [0.2, 0.25) is 0 Å². The molecule has 4 rings (SSSR count). The lowest BCUT2D eigenvalue weighted by atomic mass is 9.92. The van der Waals surface area contributed by atoms with Crippen LogP contribution in [0.1, 0.15) is 42.6 Å². The van der Waals surface area contributed by atoms with Crippen LogP contribution in [0, 0.1) is 11.8 Å². The molecule has 2 aliphatic carbocycles. The first-order chi connectivity index (χ1) is 11.6. The summed E-state index contributed by atoms with van der Waals surface area (Å²) in [6.45, 7) is 1.35. The van der Waals surface area contributed by atoms with E-state index in [9.17, 15) is 4.79 Å². The van der Waals surface area contributed by atoms with Crippen LogP contribution in [-0.2, 0) is 0 Å². The molecule has 7 heteroatoms. The summed E-state index contributed by atoms with van der Waals surface area (Å²) in [6.07, 6.45) is 5.36. The van der Waals surface area contributed by atoms with Crippen LogP contribution in [0.3, 0.4) is 0 Å². The first-order valence-electron chi connectivity index (χ1n) is 9.01. The Kier molecular flexibility index (Phi) is 4.14. The highest BCUT2D eigenvalue weighted by Gasteiger charge is 2.44. The number of fused-ring (bicyclic) bond motifs is 2. The van der Waals surface area contributed by atoms with Crippen LogP contribution in [-0.4, -0.2) is 52.2 Å². The van der Waals surface area contributed by atoms with Crippen LogP contribution >= 0.6 is 0 Å². The van der Waals surface area contributed by atoms with Gasteiger partial charge in [0.05, 0.1) is 0 Å². The molecular formula is C17H26N6O. The summed E-state index contributed by atoms with van der Waals surface area (Å²) in [7, 11) is 0. The Bertz CT molecular complexity index is 604. The molecule has 1 saturated heterocycles. The van der Waals surface area contributed by atoms with Crippen molar-refractivity contribution >= 4 is 11.7 Å². The fraction of sp³-hybridized carbons (Fsp3) is 0.706. The average molecular weight is 330 g/mol. The zero-order valence-corrected chi connectivity index (χ0v) is 13.9. The van der Waals surface area contributed by atoms with Gasteiger partial charge in [-0.05, 0) is 56.1 Å². The summed E-state index contributed by atoms with van der Waals surface area (Å²) >= 11 is 0. The van der Waals surface area contributed by atoms with E-state index in [1.54, 1.807) is 11.0 Å². The predicted molar refractivity (Wildman–Crippen MR) is 91.4 cm³/mol. The largest absolute Gasteiger partial charge is 0.366 e. The Balaban J connectivity index is 1.37. The molecule has 130 valence electrons. The van der Waals surface area contributed by atoms with E-state index < -0.39 is 0 Å². The second-order valence-electron chi connectivity index (χ2n) is 7.60. The fourth-order valence-corrected chi connectivity index (χ4v) is 4.57. The van der Waals surface area contributed by atoms with Crippen molar-refractivity contribution in [2.24, 2.45) is 23.3 Å². The number of hydrogen-bond donors (Lipinski definition) is 3. The Morgan fingerprint density at radius 1 is 1.17 bits per heavy atom. The van der Waals surface area contributed by atoms with Gasteiger partial charge in [0.1, 0.15) is 5.82 Å². The third-order valence-corrected chi connectivity index (χ3v) is 5.87. The molecule has 1 aromatic rings. The molecular weight excluding hydrogens is 304 g/mol. The molecule has 2 heterocycles. The van der Waals surface area contributed by atoms with Crippen molar-refractivity contribution in [3.63, 3.8) is 0 Å². The van der Waals surface area contributed by atoms with E-state index in [1.165, 1.54) is 6.42 Å². The number of aromatic nitrogens is 2. The van der Waals surface area contributed by atoms with Gasteiger partial charge in [-0.15, -0.1) is 10.2 Å². The number of rotatable bonds is 3. The van der Waals surface area contributed by atoms with Crippen LogP contribution in [0.5, 0.6) is 0 Å². The molecule has 1 aliphatic heterocycles. The van der Waals surface area contributed by atoms with E-state index in [-0.39, 0.29) is 11.9 Å². The zero-order valence-electron chi connectivity index (χ0n) is 13.9. The topological polar surface area (TPSA) is 110 Å². The highest BCUT2D eigenvalue weighted by molar-refractivity contribution is 5.92. The maximum atomic E-state index is 12.5. The summed E-state index contributed by atoms with van der Waals surface area (Å²) in [5.74, 6) is 1.95. The number of likely N-dealkylation sites (tertiary alicyclic amines) is 1. The highest BCUT2D eigenvalue weighted by atomic mass is 16.2. The Morgan fingerprint density at radius 3 is 2.67 bits per heavy atom. The second kappa shape index (κ2) is 6.29.